The number of imide groups is 1. The van der Waals surface area contributed by atoms with Gasteiger partial charge in [-0.3, -0.25) is 24.5 Å². The summed E-state index contributed by atoms with van der Waals surface area (Å²) in [6, 6.07) is 7.11. The molecular weight excluding hydrogens is 356 g/mol. The number of aromatic nitrogens is 2. The smallest absolute Gasteiger partial charge is 0.235 e. The Balaban J connectivity index is 1.37. The number of rotatable bonds is 3. The van der Waals surface area contributed by atoms with E-state index in [4.69, 9.17) is 0 Å². The molecule has 1 aromatic heterocycles. The highest BCUT2D eigenvalue weighted by atomic mass is 16.2. The van der Waals surface area contributed by atoms with E-state index in [-0.39, 0.29) is 17.7 Å². The van der Waals surface area contributed by atoms with Gasteiger partial charge in [0.1, 0.15) is 0 Å². The van der Waals surface area contributed by atoms with Crippen molar-refractivity contribution in [2.24, 2.45) is 7.05 Å². The molecule has 8 nitrogen and oxygen atoms in total. The van der Waals surface area contributed by atoms with Gasteiger partial charge < -0.3 is 10.2 Å². The number of piperazine rings is 1. The van der Waals surface area contributed by atoms with Gasteiger partial charge in [-0.1, -0.05) is 0 Å². The van der Waals surface area contributed by atoms with Crippen LogP contribution in [0.5, 0.6) is 0 Å². The third-order valence-electron chi connectivity index (χ3n) is 6.39. The number of anilines is 1. The van der Waals surface area contributed by atoms with Gasteiger partial charge in [0.2, 0.25) is 11.8 Å². The van der Waals surface area contributed by atoms with Crippen molar-refractivity contribution in [3.05, 3.63) is 23.9 Å². The van der Waals surface area contributed by atoms with Crippen molar-refractivity contribution < 1.29 is 9.59 Å². The highest BCUT2D eigenvalue weighted by Gasteiger charge is 2.32. The van der Waals surface area contributed by atoms with Crippen LogP contribution < -0.4 is 15.5 Å². The molecule has 2 aromatic rings. The van der Waals surface area contributed by atoms with Crippen LogP contribution in [0.15, 0.2) is 18.2 Å². The van der Waals surface area contributed by atoms with Crippen molar-refractivity contribution in [3.63, 3.8) is 0 Å². The van der Waals surface area contributed by atoms with Crippen LogP contribution in [0.4, 0.5) is 5.69 Å². The SMILES string of the molecule is Cn1nc(C2CCC(=O)NC2=O)c2ccc(N3CCN(C4CNC4)CC3)cc21. The van der Waals surface area contributed by atoms with Gasteiger partial charge >= 0.3 is 0 Å². The number of amides is 2. The minimum atomic E-state index is -0.355. The van der Waals surface area contributed by atoms with E-state index in [0.29, 0.717) is 18.9 Å². The topological polar surface area (TPSA) is 82.5 Å². The molecule has 0 radical (unpaired) electrons. The van der Waals surface area contributed by atoms with Crippen molar-refractivity contribution in [1.82, 2.24) is 25.3 Å². The van der Waals surface area contributed by atoms with Gasteiger partial charge in [0.15, 0.2) is 0 Å². The van der Waals surface area contributed by atoms with Crippen molar-refractivity contribution in [2.45, 2.75) is 24.8 Å². The second kappa shape index (κ2) is 6.86. The van der Waals surface area contributed by atoms with Gasteiger partial charge in [0.25, 0.3) is 0 Å². The Morgan fingerprint density at radius 2 is 1.89 bits per heavy atom. The monoisotopic (exact) mass is 382 g/mol. The van der Waals surface area contributed by atoms with Crippen molar-refractivity contribution >= 4 is 28.4 Å². The Bertz CT molecular complexity index is 926. The predicted octanol–water partition coefficient (Wildman–Crippen LogP) is 0.187. The van der Waals surface area contributed by atoms with Gasteiger partial charge in [-0.25, -0.2) is 0 Å². The number of carbonyl (C=O) groups excluding carboxylic acids is 2. The van der Waals surface area contributed by atoms with Crippen molar-refractivity contribution in [3.8, 4) is 0 Å². The highest BCUT2D eigenvalue weighted by molar-refractivity contribution is 6.02. The molecular formula is C20H26N6O2. The molecule has 1 aromatic carbocycles. The van der Waals surface area contributed by atoms with Gasteiger partial charge in [0, 0.05) is 69.9 Å². The van der Waals surface area contributed by atoms with E-state index < -0.39 is 0 Å². The van der Waals surface area contributed by atoms with Crippen LogP contribution in [0, 0.1) is 0 Å². The zero-order valence-corrected chi connectivity index (χ0v) is 16.1. The zero-order valence-electron chi connectivity index (χ0n) is 16.1. The van der Waals surface area contributed by atoms with E-state index >= 15 is 0 Å². The molecule has 148 valence electrons. The summed E-state index contributed by atoms with van der Waals surface area (Å²) in [6.07, 6.45) is 0.893. The maximum Gasteiger partial charge on any atom is 0.235 e. The number of aryl methyl sites for hydroxylation is 1. The van der Waals surface area contributed by atoms with E-state index in [9.17, 15) is 9.59 Å². The molecule has 4 heterocycles. The fourth-order valence-electron chi connectivity index (χ4n) is 4.56. The minimum absolute atomic E-state index is 0.194. The van der Waals surface area contributed by atoms with Gasteiger partial charge in [0.05, 0.1) is 17.1 Å². The molecule has 0 saturated carbocycles. The molecule has 0 aliphatic carbocycles. The van der Waals surface area contributed by atoms with Gasteiger partial charge in [-0.05, 0) is 24.6 Å². The number of carbonyl (C=O) groups is 2. The quantitative estimate of drug-likeness (QED) is 0.738. The Hall–Kier alpha value is -2.45. The molecule has 3 fully saturated rings. The van der Waals surface area contributed by atoms with Crippen molar-refractivity contribution in [2.75, 3.05) is 44.2 Å². The standard InChI is InChI=1S/C20H26N6O2/c1-24-17-10-13(25-6-8-26(9-7-25)14-11-21-12-14)2-3-15(17)19(23-24)16-4-5-18(27)22-20(16)28/h2-3,10,14,16,21H,4-9,11-12H2,1H3,(H,22,27,28). The molecule has 1 unspecified atom stereocenters. The highest BCUT2D eigenvalue weighted by Crippen LogP contribution is 2.32. The molecule has 3 aliphatic rings. The molecule has 1 atom stereocenters. The first-order chi connectivity index (χ1) is 13.6. The molecule has 5 rings (SSSR count). The largest absolute Gasteiger partial charge is 0.369 e. The molecule has 2 amide bonds. The Kier molecular flexibility index (Phi) is 4.32. The summed E-state index contributed by atoms with van der Waals surface area (Å²) >= 11 is 0. The second-order valence-corrected chi connectivity index (χ2v) is 8.05. The number of nitrogens with zero attached hydrogens (tertiary/aromatic N) is 4. The summed E-state index contributed by atoms with van der Waals surface area (Å²) in [5.74, 6) is -0.783. The van der Waals surface area contributed by atoms with Crippen LogP contribution in [0.3, 0.4) is 0 Å². The van der Waals surface area contributed by atoms with E-state index in [1.807, 2.05) is 11.7 Å². The first-order valence-electron chi connectivity index (χ1n) is 10.1. The van der Waals surface area contributed by atoms with Crippen LogP contribution in [0.25, 0.3) is 10.9 Å². The maximum absolute atomic E-state index is 12.3. The first-order valence-corrected chi connectivity index (χ1v) is 10.1. The molecule has 8 heteroatoms. The summed E-state index contributed by atoms with van der Waals surface area (Å²) in [4.78, 5) is 28.8. The van der Waals surface area contributed by atoms with Crippen LogP contribution in [0.2, 0.25) is 0 Å². The fourth-order valence-corrected chi connectivity index (χ4v) is 4.56. The lowest BCUT2D eigenvalue weighted by molar-refractivity contribution is -0.134. The number of benzene rings is 1. The summed E-state index contributed by atoms with van der Waals surface area (Å²) in [5, 5.41) is 11.4. The third-order valence-corrected chi connectivity index (χ3v) is 6.39. The van der Waals surface area contributed by atoms with Crippen LogP contribution in [-0.4, -0.2) is 71.8 Å². The van der Waals surface area contributed by atoms with Crippen LogP contribution in [0.1, 0.15) is 24.5 Å². The van der Waals surface area contributed by atoms with E-state index in [1.54, 1.807) is 0 Å². The second-order valence-electron chi connectivity index (χ2n) is 8.05. The third kappa shape index (κ3) is 2.97. The molecule has 0 spiro atoms. The Labute approximate surface area is 163 Å². The fraction of sp³-hybridized carbons (Fsp3) is 0.550. The summed E-state index contributed by atoms with van der Waals surface area (Å²) < 4.78 is 1.86. The van der Waals surface area contributed by atoms with Crippen LogP contribution >= 0.6 is 0 Å². The Morgan fingerprint density at radius 1 is 1.11 bits per heavy atom. The predicted molar refractivity (Wildman–Crippen MR) is 106 cm³/mol. The molecule has 28 heavy (non-hydrogen) atoms. The van der Waals surface area contributed by atoms with Crippen molar-refractivity contribution in [1.29, 1.82) is 0 Å². The number of nitrogens with one attached hydrogen (secondary N) is 2. The van der Waals surface area contributed by atoms with E-state index in [2.05, 4.69) is 43.7 Å². The number of piperidine rings is 1. The normalized spacial score (nSPS) is 24.5. The Morgan fingerprint density at radius 3 is 2.57 bits per heavy atom. The molecule has 2 N–H and O–H groups in total. The van der Waals surface area contributed by atoms with Gasteiger partial charge in [-0.2, -0.15) is 5.10 Å². The lowest BCUT2D eigenvalue weighted by Crippen LogP contribution is -2.61. The van der Waals surface area contributed by atoms with E-state index in [0.717, 1.165) is 55.9 Å². The number of fused-ring (bicyclic) bond motifs is 1. The molecule has 3 aliphatic heterocycles. The first kappa shape index (κ1) is 17.6. The summed E-state index contributed by atoms with van der Waals surface area (Å²) in [7, 11) is 1.92. The van der Waals surface area contributed by atoms with Gasteiger partial charge in [-0.15, -0.1) is 0 Å². The summed E-state index contributed by atoms with van der Waals surface area (Å²) in [6.45, 7) is 6.47. The summed E-state index contributed by atoms with van der Waals surface area (Å²) in [5.41, 5.74) is 3.01. The average molecular weight is 382 g/mol. The average Bonchev–Trinajstić information content (AvgIpc) is 2.97. The molecule has 0 bridgehead atoms. The van der Waals surface area contributed by atoms with Crippen LogP contribution in [-0.2, 0) is 16.6 Å². The molecule has 3 saturated heterocycles. The maximum atomic E-state index is 12.3. The lowest BCUT2D eigenvalue weighted by atomic mass is 9.93. The number of hydrogen-bond donors (Lipinski definition) is 2. The minimum Gasteiger partial charge on any atom is -0.369 e. The van der Waals surface area contributed by atoms with E-state index in [1.165, 1.54) is 5.69 Å². The number of hydrogen-bond acceptors (Lipinski definition) is 6. The zero-order chi connectivity index (χ0) is 19.3. The lowest BCUT2D eigenvalue weighted by Gasteiger charge is -2.43.